The van der Waals surface area contributed by atoms with Crippen LogP contribution in [0.4, 0.5) is 18.9 Å². The summed E-state index contributed by atoms with van der Waals surface area (Å²) in [4.78, 5) is 12.2. The number of furan rings is 1. The minimum absolute atomic E-state index is 0.0945. The quantitative estimate of drug-likeness (QED) is 0.646. The van der Waals surface area contributed by atoms with Gasteiger partial charge in [-0.15, -0.1) is 0 Å². The number of hydrogen-bond acceptors (Lipinski definition) is 3. The molecular weight excluding hydrogens is 359 g/mol. The van der Waals surface area contributed by atoms with Crippen LogP contribution in [-0.2, 0) is 12.8 Å². The fourth-order valence-corrected chi connectivity index (χ4v) is 2.47. The number of carbonyl (C=O) groups excluding carboxylic acids is 1. The van der Waals surface area contributed by atoms with Crippen LogP contribution in [0.15, 0.2) is 65.1 Å². The highest BCUT2D eigenvalue weighted by atomic mass is 19.4. The first kappa shape index (κ1) is 18.6. The third-order valence-corrected chi connectivity index (χ3v) is 3.83. The van der Waals surface area contributed by atoms with E-state index in [1.165, 1.54) is 24.3 Å². The molecule has 0 fully saturated rings. The van der Waals surface area contributed by atoms with Crippen molar-refractivity contribution in [3.8, 4) is 5.75 Å². The minimum atomic E-state index is -4.57. The minimum Gasteiger partial charge on any atom is -0.485 e. The Hall–Kier alpha value is -3.22. The third-order valence-electron chi connectivity index (χ3n) is 3.83. The Kier molecular flexibility index (Phi) is 5.21. The van der Waals surface area contributed by atoms with Gasteiger partial charge in [-0.25, -0.2) is 0 Å². The number of hydrogen-bond donors (Lipinski definition) is 1. The first-order valence-electron chi connectivity index (χ1n) is 8.09. The predicted octanol–water partition coefficient (Wildman–Crippen LogP) is 5.44. The summed E-state index contributed by atoms with van der Waals surface area (Å²) in [5.74, 6) is 0.190. The molecule has 0 saturated heterocycles. The maximum absolute atomic E-state index is 13.0. The molecule has 0 saturated carbocycles. The molecule has 0 aliphatic carbocycles. The number of para-hydroxylation sites is 2. The van der Waals surface area contributed by atoms with E-state index in [0.29, 0.717) is 11.5 Å². The van der Waals surface area contributed by atoms with Crippen molar-refractivity contribution in [2.45, 2.75) is 19.7 Å². The van der Waals surface area contributed by atoms with Crippen molar-refractivity contribution in [3.05, 3.63) is 83.3 Å². The molecule has 0 atom stereocenters. The van der Waals surface area contributed by atoms with Gasteiger partial charge in [0.1, 0.15) is 18.1 Å². The van der Waals surface area contributed by atoms with Gasteiger partial charge in [-0.1, -0.05) is 30.3 Å². The van der Waals surface area contributed by atoms with E-state index in [9.17, 15) is 18.0 Å². The Balaban J connectivity index is 1.68. The van der Waals surface area contributed by atoms with E-state index in [-0.39, 0.29) is 18.1 Å². The Morgan fingerprint density at radius 1 is 1.04 bits per heavy atom. The lowest BCUT2D eigenvalue weighted by atomic mass is 10.1. The van der Waals surface area contributed by atoms with Crippen LogP contribution in [0.3, 0.4) is 0 Å². The van der Waals surface area contributed by atoms with Gasteiger partial charge in [-0.2, -0.15) is 13.2 Å². The second-order valence-electron chi connectivity index (χ2n) is 5.82. The zero-order chi connectivity index (χ0) is 19.4. The number of rotatable bonds is 5. The highest BCUT2D eigenvalue weighted by molar-refractivity contribution is 6.02. The number of ether oxygens (including phenoxy) is 1. The molecule has 4 nitrogen and oxygen atoms in total. The van der Waals surface area contributed by atoms with Gasteiger partial charge >= 0.3 is 6.18 Å². The first-order valence-corrected chi connectivity index (χ1v) is 8.09. The molecule has 140 valence electrons. The number of nitrogens with one attached hydrogen (secondary N) is 1. The lowest BCUT2D eigenvalue weighted by molar-refractivity contribution is -0.136. The number of benzene rings is 2. The molecule has 0 spiro atoms. The summed E-state index contributed by atoms with van der Waals surface area (Å²) in [7, 11) is 0. The number of carbonyl (C=O) groups is 1. The maximum Gasteiger partial charge on any atom is 0.418 e. The zero-order valence-electron chi connectivity index (χ0n) is 14.3. The molecule has 2 aromatic carbocycles. The SMILES string of the molecule is Cc1ccccc1OCc1ccc(C(=O)Nc2ccccc2C(F)(F)F)o1. The van der Waals surface area contributed by atoms with Crippen LogP contribution in [0, 0.1) is 6.92 Å². The Morgan fingerprint density at radius 2 is 1.74 bits per heavy atom. The van der Waals surface area contributed by atoms with Crippen LogP contribution in [0.25, 0.3) is 0 Å². The monoisotopic (exact) mass is 375 g/mol. The van der Waals surface area contributed by atoms with E-state index < -0.39 is 17.6 Å². The average molecular weight is 375 g/mol. The van der Waals surface area contributed by atoms with E-state index in [4.69, 9.17) is 9.15 Å². The number of halogens is 3. The molecule has 0 aliphatic rings. The number of alkyl halides is 3. The largest absolute Gasteiger partial charge is 0.485 e. The van der Waals surface area contributed by atoms with E-state index in [1.54, 1.807) is 12.1 Å². The zero-order valence-corrected chi connectivity index (χ0v) is 14.3. The van der Waals surface area contributed by atoms with Crippen molar-refractivity contribution in [2.75, 3.05) is 5.32 Å². The van der Waals surface area contributed by atoms with Crippen LogP contribution < -0.4 is 10.1 Å². The van der Waals surface area contributed by atoms with Gasteiger partial charge in [0.05, 0.1) is 11.3 Å². The summed E-state index contributed by atoms with van der Waals surface area (Å²) in [6.45, 7) is 1.99. The average Bonchev–Trinajstić information content (AvgIpc) is 3.10. The number of aryl methyl sites for hydroxylation is 1. The fraction of sp³-hybridized carbons (Fsp3) is 0.150. The van der Waals surface area contributed by atoms with E-state index in [1.807, 2.05) is 25.1 Å². The lowest BCUT2D eigenvalue weighted by Crippen LogP contribution is -2.16. The van der Waals surface area contributed by atoms with Crippen LogP contribution in [0.1, 0.15) is 27.4 Å². The van der Waals surface area contributed by atoms with Gasteiger partial charge in [0.15, 0.2) is 5.76 Å². The topological polar surface area (TPSA) is 51.5 Å². The van der Waals surface area contributed by atoms with Gasteiger partial charge in [0, 0.05) is 0 Å². The summed E-state index contributed by atoms with van der Waals surface area (Å²) in [6, 6.07) is 15.1. The molecule has 1 heterocycles. The van der Waals surface area contributed by atoms with E-state index in [2.05, 4.69) is 5.32 Å². The second-order valence-corrected chi connectivity index (χ2v) is 5.82. The maximum atomic E-state index is 13.0. The summed E-state index contributed by atoms with van der Waals surface area (Å²) >= 11 is 0. The number of amides is 1. The highest BCUT2D eigenvalue weighted by Crippen LogP contribution is 2.34. The van der Waals surface area contributed by atoms with Crippen molar-refractivity contribution >= 4 is 11.6 Å². The molecule has 0 bridgehead atoms. The number of anilines is 1. The fourth-order valence-electron chi connectivity index (χ4n) is 2.47. The molecule has 1 aromatic heterocycles. The molecule has 0 aliphatic heterocycles. The second kappa shape index (κ2) is 7.57. The molecule has 3 rings (SSSR count). The summed E-state index contributed by atoms with van der Waals surface area (Å²) in [6.07, 6.45) is -4.57. The molecular formula is C20H16F3NO3. The van der Waals surface area contributed by atoms with Crippen molar-refractivity contribution in [2.24, 2.45) is 0 Å². The lowest BCUT2D eigenvalue weighted by Gasteiger charge is -2.12. The molecule has 1 N–H and O–H groups in total. The molecule has 1 amide bonds. The van der Waals surface area contributed by atoms with Crippen molar-refractivity contribution in [1.82, 2.24) is 0 Å². The molecule has 27 heavy (non-hydrogen) atoms. The standard InChI is InChI=1S/C20H16F3NO3/c1-13-6-2-5-9-17(13)26-12-14-10-11-18(27-14)19(25)24-16-8-4-3-7-15(16)20(21,22)23/h2-11H,12H2,1H3,(H,24,25). The smallest absolute Gasteiger partial charge is 0.418 e. The van der Waals surface area contributed by atoms with Gasteiger partial charge in [0.2, 0.25) is 0 Å². The molecule has 3 aromatic rings. The normalized spacial score (nSPS) is 11.3. The first-order chi connectivity index (χ1) is 12.8. The van der Waals surface area contributed by atoms with E-state index >= 15 is 0 Å². The molecule has 0 unspecified atom stereocenters. The van der Waals surface area contributed by atoms with Gasteiger partial charge in [-0.3, -0.25) is 4.79 Å². The van der Waals surface area contributed by atoms with Crippen LogP contribution in [0.2, 0.25) is 0 Å². The van der Waals surface area contributed by atoms with Crippen LogP contribution >= 0.6 is 0 Å². The van der Waals surface area contributed by atoms with Crippen molar-refractivity contribution in [3.63, 3.8) is 0 Å². The van der Waals surface area contributed by atoms with Gasteiger partial charge < -0.3 is 14.5 Å². The predicted molar refractivity (Wildman–Crippen MR) is 93.6 cm³/mol. The summed E-state index contributed by atoms with van der Waals surface area (Å²) in [5, 5.41) is 2.24. The van der Waals surface area contributed by atoms with E-state index in [0.717, 1.165) is 11.6 Å². The Labute approximate surface area is 153 Å². The van der Waals surface area contributed by atoms with Crippen LogP contribution in [-0.4, -0.2) is 5.91 Å². The summed E-state index contributed by atoms with van der Waals surface area (Å²) < 4.78 is 50.0. The van der Waals surface area contributed by atoms with Crippen molar-refractivity contribution < 1.29 is 27.1 Å². The van der Waals surface area contributed by atoms with Crippen molar-refractivity contribution in [1.29, 1.82) is 0 Å². The Morgan fingerprint density at radius 3 is 2.48 bits per heavy atom. The highest BCUT2D eigenvalue weighted by Gasteiger charge is 2.33. The van der Waals surface area contributed by atoms with Gasteiger partial charge in [0.25, 0.3) is 5.91 Å². The van der Waals surface area contributed by atoms with Gasteiger partial charge in [-0.05, 0) is 42.8 Å². The molecule has 7 heteroatoms. The summed E-state index contributed by atoms with van der Waals surface area (Å²) in [5.41, 5.74) is -0.303. The third kappa shape index (κ3) is 4.49. The van der Waals surface area contributed by atoms with Crippen LogP contribution in [0.5, 0.6) is 5.75 Å². The molecule has 0 radical (unpaired) electrons. The Bertz CT molecular complexity index is 947.